The third-order valence-corrected chi connectivity index (χ3v) is 5.66. The predicted octanol–water partition coefficient (Wildman–Crippen LogP) is 3.24. The van der Waals surface area contributed by atoms with E-state index in [1.807, 2.05) is 13.0 Å². The van der Waals surface area contributed by atoms with Crippen LogP contribution in [0.3, 0.4) is 0 Å². The fraction of sp³-hybridized carbons (Fsp3) is 0.316. The summed E-state index contributed by atoms with van der Waals surface area (Å²) in [4.78, 5) is 12.4. The minimum absolute atomic E-state index is 0.0798. The summed E-state index contributed by atoms with van der Waals surface area (Å²) in [6.45, 7) is 4.35. The van der Waals surface area contributed by atoms with Gasteiger partial charge in [-0.2, -0.15) is 0 Å². The van der Waals surface area contributed by atoms with Crippen LogP contribution in [0.2, 0.25) is 0 Å². The molecule has 0 bridgehead atoms. The van der Waals surface area contributed by atoms with E-state index in [0.717, 1.165) is 24.0 Å². The van der Waals surface area contributed by atoms with Gasteiger partial charge < -0.3 is 5.32 Å². The molecule has 1 saturated carbocycles. The number of hydrogen-bond acceptors (Lipinski definition) is 3. The summed E-state index contributed by atoms with van der Waals surface area (Å²) in [5.74, 6) is 0.344. The fourth-order valence-electron chi connectivity index (χ4n) is 2.59. The number of benzene rings is 2. The van der Waals surface area contributed by atoms with Crippen molar-refractivity contribution in [3.8, 4) is 0 Å². The number of rotatable bonds is 6. The minimum atomic E-state index is -3.75. The first-order chi connectivity index (χ1) is 11.8. The molecule has 3 rings (SSSR count). The van der Waals surface area contributed by atoms with E-state index in [-0.39, 0.29) is 10.8 Å². The summed E-state index contributed by atoms with van der Waals surface area (Å²) in [6, 6.07) is 11.8. The summed E-state index contributed by atoms with van der Waals surface area (Å²) in [5, 5.41) is 2.88. The molecule has 0 heterocycles. The van der Waals surface area contributed by atoms with Gasteiger partial charge in [-0.1, -0.05) is 18.2 Å². The molecule has 1 aliphatic carbocycles. The predicted molar refractivity (Wildman–Crippen MR) is 98.2 cm³/mol. The van der Waals surface area contributed by atoms with Gasteiger partial charge in [0.15, 0.2) is 0 Å². The van der Waals surface area contributed by atoms with Crippen molar-refractivity contribution in [1.29, 1.82) is 0 Å². The number of carbonyl (C=O) groups excluding carboxylic acids is 1. The molecule has 25 heavy (non-hydrogen) atoms. The Kier molecular flexibility index (Phi) is 4.81. The summed E-state index contributed by atoms with van der Waals surface area (Å²) in [6.07, 6.45) is 2.29. The van der Waals surface area contributed by atoms with Crippen molar-refractivity contribution in [1.82, 2.24) is 5.32 Å². The lowest BCUT2D eigenvalue weighted by Crippen LogP contribution is -2.26. The second kappa shape index (κ2) is 6.88. The zero-order chi connectivity index (χ0) is 18.0. The van der Waals surface area contributed by atoms with Crippen molar-refractivity contribution in [3.05, 3.63) is 59.2 Å². The van der Waals surface area contributed by atoms with E-state index in [1.54, 1.807) is 31.2 Å². The Bertz CT molecular complexity index is 903. The van der Waals surface area contributed by atoms with Crippen molar-refractivity contribution in [2.45, 2.75) is 31.6 Å². The van der Waals surface area contributed by atoms with Crippen LogP contribution in [0, 0.1) is 19.8 Å². The molecule has 0 saturated heterocycles. The molecule has 0 atom stereocenters. The van der Waals surface area contributed by atoms with Crippen molar-refractivity contribution in [2.75, 3.05) is 11.3 Å². The van der Waals surface area contributed by atoms with Gasteiger partial charge in [0, 0.05) is 17.8 Å². The number of nitrogens with one attached hydrogen (secondary N) is 2. The summed E-state index contributed by atoms with van der Waals surface area (Å²) in [7, 11) is -3.75. The molecule has 0 spiro atoms. The molecular formula is C19H22N2O3S. The fourth-order valence-corrected chi connectivity index (χ4v) is 3.67. The van der Waals surface area contributed by atoms with Crippen LogP contribution >= 0.6 is 0 Å². The number of carbonyl (C=O) groups is 1. The second-order valence-electron chi connectivity index (χ2n) is 6.61. The van der Waals surface area contributed by atoms with Gasteiger partial charge in [0.05, 0.1) is 4.90 Å². The van der Waals surface area contributed by atoms with Crippen LogP contribution in [0.4, 0.5) is 5.69 Å². The molecule has 2 aromatic carbocycles. The number of hydrogen-bond donors (Lipinski definition) is 2. The van der Waals surface area contributed by atoms with Crippen LogP contribution in [-0.4, -0.2) is 20.9 Å². The highest BCUT2D eigenvalue weighted by molar-refractivity contribution is 7.92. The normalized spacial score (nSPS) is 14.2. The quantitative estimate of drug-likeness (QED) is 0.832. The highest BCUT2D eigenvalue weighted by atomic mass is 32.2. The maximum atomic E-state index is 12.6. The maximum Gasteiger partial charge on any atom is 0.261 e. The van der Waals surface area contributed by atoms with Gasteiger partial charge >= 0.3 is 0 Å². The van der Waals surface area contributed by atoms with E-state index < -0.39 is 10.0 Å². The Morgan fingerprint density at radius 1 is 1.12 bits per heavy atom. The van der Waals surface area contributed by atoms with Crippen molar-refractivity contribution >= 4 is 21.6 Å². The van der Waals surface area contributed by atoms with Crippen molar-refractivity contribution < 1.29 is 13.2 Å². The summed E-state index contributed by atoms with van der Waals surface area (Å²) >= 11 is 0. The van der Waals surface area contributed by atoms with Gasteiger partial charge in [0.1, 0.15) is 0 Å². The Hall–Kier alpha value is -2.34. The number of anilines is 1. The van der Waals surface area contributed by atoms with Gasteiger partial charge in [0.2, 0.25) is 0 Å². The number of sulfonamides is 1. The van der Waals surface area contributed by atoms with Crippen LogP contribution in [0.5, 0.6) is 0 Å². The van der Waals surface area contributed by atoms with Gasteiger partial charge in [-0.3, -0.25) is 9.52 Å². The lowest BCUT2D eigenvalue weighted by atomic mass is 10.1. The first-order valence-electron chi connectivity index (χ1n) is 8.33. The molecule has 2 N–H and O–H groups in total. The standard InChI is InChI=1S/C19H22N2O3S/c1-13-4-3-5-16(10-13)21-25(23,24)17-9-6-14(2)18(11-17)19(22)20-12-15-7-8-15/h3-6,9-11,15,21H,7-8,12H2,1-2H3,(H,20,22). The SMILES string of the molecule is Cc1cccc(NS(=O)(=O)c2ccc(C)c(C(=O)NCC3CC3)c2)c1. The largest absolute Gasteiger partial charge is 0.352 e. The lowest BCUT2D eigenvalue weighted by Gasteiger charge is -2.12. The smallest absolute Gasteiger partial charge is 0.261 e. The Balaban J connectivity index is 1.83. The molecule has 1 aliphatic rings. The van der Waals surface area contributed by atoms with E-state index in [2.05, 4.69) is 10.0 Å². The van der Waals surface area contributed by atoms with Crippen LogP contribution in [-0.2, 0) is 10.0 Å². The van der Waals surface area contributed by atoms with Gasteiger partial charge in [-0.15, -0.1) is 0 Å². The molecular weight excluding hydrogens is 336 g/mol. The van der Waals surface area contributed by atoms with Crippen LogP contribution < -0.4 is 10.0 Å². The van der Waals surface area contributed by atoms with Crippen LogP contribution in [0.1, 0.15) is 34.3 Å². The number of aryl methyl sites for hydroxylation is 2. The highest BCUT2D eigenvalue weighted by Crippen LogP contribution is 2.28. The van der Waals surface area contributed by atoms with Crippen LogP contribution in [0.25, 0.3) is 0 Å². The Labute approximate surface area is 148 Å². The average molecular weight is 358 g/mol. The molecule has 6 heteroatoms. The van der Waals surface area contributed by atoms with Gasteiger partial charge in [0.25, 0.3) is 15.9 Å². The number of amides is 1. The third-order valence-electron chi connectivity index (χ3n) is 4.28. The molecule has 0 aromatic heterocycles. The second-order valence-corrected chi connectivity index (χ2v) is 8.29. The Morgan fingerprint density at radius 2 is 1.88 bits per heavy atom. The molecule has 0 unspecified atom stereocenters. The molecule has 0 radical (unpaired) electrons. The summed E-state index contributed by atoms with van der Waals surface area (Å²) < 4.78 is 27.8. The minimum Gasteiger partial charge on any atom is -0.352 e. The molecule has 5 nitrogen and oxygen atoms in total. The lowest BCUT2D eigenvalue weighted by molar-refractivity contribution is 0.0951. The van der Waals surface area contributed by atoms with E-state index in [1.165, 1.54) is 12.1 Å². The Morgan fingerprint density at radius 3 is 2.56 bits per heavy atom. The van der Waals surface area contributed by atoms with Gasteiger partial charge in [-0.05, 0) is 68.0 Å². The maximum absolute atomic E-state index is 12.6. The summed E-state index contributed by atoms with van der Waals surface area (Å²) in [5.41, 5.74) is 2.61. The first-order valence-corrected chi connectivity index (χ1v) is 9.82. The van der Waals surface area contributed by atoms with Crippen molar-refractivity contribution in [2.24, 2.45) is 5.92 Å². The molecule has 1 amide bonds. The van der Waals surface area contributed by atoms with E-state index in [0.29, 0.717) is 23.7 Å². The topological polar surface area (TPSA) is 75.3 Å². The first kappa shape index (κ1) is 17.5. The van der Waals surface area contributed by atoms with Crippen LogP contribution in [0.15, 0.2) is 47.4 Å². The van der Waals surface area contributed by atoms with E-state index in [9.17, 15) is 13.2 Å². The monoisotopic (exact) mass is 358 g/mol. The third kappa shape index (κ3) is 4.39. The van der Waals surface area contributed by atoms with Crippen molar-refractivity contribution in [3.63, 3.8) is 0 Å². The van der Waals surface area contributed by atoms with E-state index >= 15 is 0 Å². The highest BCUT2D eigenvalue weighted by Gasteiger charge is 2.23. The molecule has 2 aromatic rings. The average Bonchev–Trinajstić information content (AvgIpc) is 3.36. The van der Waals surface area contributed by atoms with E-state index in [4.69, 9.17) is 0 Å². The van der Waals surface area contributed by atoms with Gasteiger partial charge in [-0.25, -0.2) is 8.42 Å². The molecule has 132 valence electrons. The molecule has 0 aliphatic heterocycles. The molecule has 1 fully saturated rings. The zero-order valence-electron chi connectivity index (χ0n) is 14.4. The zero-order valence-corrected chi connectivity index (χ0v) is 15.2.